The predicted octanol–water partition coefficient (Wildman–Crippen LogP) is 4.03. The van der Waals surface area contributed by atoms with E-state index < -0.39 is 0 Å². The number of alkyl halides is 1. The Kier molecular flexibility index (Phi) is 3.78. The van der Waals surface area contributed by atoms with Crippen molar-refractivity contribution in [2.24, 2.45) is 0 Å². The fourth-order valence-corrected chi connectivity index (χ4v) is 3.11. The molecule has 19 heavy (non-hydrogen) atoms. The number of benzene rings is 1. The number of ether oxygens (including phenoxy) is 1. The molecule has 102 valence electrons. The molecule has 1 aromatic carbocycles. The number of rotatable bonds is 2. The standard InChI is InChI=1S/C13H13BrClFN2O/c14-9-5-11-12(6-10(9)16)18(13(7-15)17-11)8-1-3-19-4-2-8/h5-6,8H,1-4,7H2. The summed E-state index contributed by atoms with van der Waals surface area (Å²) in [6, 6.07) is 3.52. The number of halogens is 3. The van der Waals surface area contributed by atoms with E-state index in [1.807, 2.05) is 0 Å². The molecule has 0 radical (unpaired) electrons. The topological polar surface area (TPSA) is 27.1 Å². The van der Waals surface area contributed by atoms with Gasteiger partial charge in [-0.15, -0.1) is 11.6 Å². The van der Waals surface area contributed by atoms with Crippen LogP contribution in [0.1, 0.15) is 24.7 Å². The zero-order valence-corrected chi connectivity index (χ0v) is 12.5. The summed E-state index contributed by atoms with van der Waals surface area (Å²) in [6.07, 6.45) is 1.82. The minimum Gasteiger partial charge on any atom is -0.381 e. The molecule has 0 spiro atoms. The lowest BCUT2D eigenvalue weighted by molar-refractivity contribution is 0.0700. The molecule has 1 saturated heterocycles. The van der Waals surface area contributed by atoms with Gasteiger partial charge in [0.2, 0.25) is 0 Å². The van der Waals surface area contributed by atoms with Crippen molar-refractivity contribution in [3.8, 4) is 0 Å². The van der Waals surface area contributed by atoms with Gasteiger partial charge in [-0.05, 0) is 34.8 Å². The number of hydrogen-bond donors (Lipinski definition) is 0. The number of imidazole rings is 1. The van der Waals surface area contributed by atoms with Crippen LogP contribution < -0.4 is 0 Å². The second-order valence-electron chi connectivity index (χ2n) is 4.63. The van der Waals surface area contributed by atoms with Gasteiger partial charge in [0.05, 0.1) is 21.4 Å². The molecular formula is C13H13BrClFN2O. The summed E-state index contributed by atoms with van der Waals surface area (Å²) in [5.41, 5.74) is 1.58. The molecule has 6 heteroatoms. The van der Waals surface area contributed by atoms with Crippen LogP contribution in [0.4, 0.5) is 4.39 Å². The quantitative estimate of drug-likeness (QED) is 0.767. The molecule has 0 atom stereocenters. The highest BCUT2D eigenvalue weighted by atomic mass is 79.9. The zero-order valence-electron chi connectivity index (χ0n) is 10.2. The number of hydrogen-bond acceptors (Lipinski definition) is 2. The van der Waals surface area contributed by atoms with E-state index in [1.165, 1.54) is 6.07 Å². The summed E-state index contributed by atoms with van der Waals surface area (Å²) >= 11 is 9.17. The molecule has 0 N–H and O–H groups in total. The van der Waals surface area contributed by atoms with Crippen molar-refractivity contribution >= 4 is 38.6 Å². The lowest BCUT2D eigenvalue weighted by atomic mass is 10.1. The van der Waals surface area contributed by atoms with Crippen LogP contribution in [-0.2, 0) is 10.6 Å². The Balaban J connectivity index is 2.16. The Labute approximate surface area is 123 Å². The van der Waals surface area contributed by atoms with Crippen molar-refractivity contribution in [1.82, 2.24) is 9.55 Å². The monoisotopic (exact) mass is 346 g/mol. The van der Waals surface area contributed by atoms with Gasteiger partial charge in [0.15, 0.2) is 0 Å². The highest BCUT2D eigenvalue weighted by molar-refractivity contribution is 9.10. The highest BCUT2D eigenvalue weighted by Gasteiger charge is 2.22. The van der Waals surface area contributed by atoms with E-state index in [4.69, 9.17) is 16.3 Å². The third kappa shape index (κ3) is 2.39. The molecular weight excluding hydrogens is 335 g/mol. The van der Waals surface area contributed by atoms with E-state index in [0.29, 0.717) is 10.4 Å². The summed E-state index contributed by atoms with van der Waals surface area (Å²) in [7, 11) is 0. The first-order chi connectivity index (χ1) is 9.20. The summed E-state index contributed by atoms with van der Waals surface area (Å²) in [5.74, 6) is 0.841. The average molecular weight is 348 g/mol. The van der Waals surface area contributed by atoms with Crippen LogP contribution in [0.2, 0.25) is 0 Å². The Morgan fingerprint density at radius 3 is 2.84 bits per heavy atom. The lowest BCUT2D eigenvalue weighted by Crippen LogP contribution is -2.21. The first kappa shape index (κ1) is 13.3. The maximum absolute atomic E-state index is 13.8. The smallest absolute Gasteiger partial charge is 0.139 e. The maximum Gasteiger partial charge on any atom is 0.139 e. The summed E-state index contributed by atoms with van der Waals surface area (Å²) in [6.45, 7) is 1.45. The van der Waals surface area contributed by atoms with Gasteiger partial charge in [-0.1, -0.05) is 0 Å². The Bertz CT molecular complexity index is 610. The maximum atomic E-state index is 13.8. The summed E-state index contributed by atoms with van der Waals surface area (Å²) < 4.78 is 21.6. The SMILES string of the molecule is Fc1cc2c(cc1Br)nc(CCl)n2C1CCOCC1. The van der Waals surface area contributed by atoms with Gasteiger partial charge in [0, 0.05) is 25.3 Å². The third-order valence-electron chi connectivity index (χ3n) is 3.48. The third-order valence-corrected chi connectivity index (χ3v) is 4.33. The Morgan fingerprint density at radius 1 is 1.42 bits per heavy atom. The van der Waals surface area contributed by atoms with Crippen LogP contribution in [0.5, 0.6) is 0 Å². The van der Waals surface area contributed by atoms with Gasteiger partial charge < -0.3 is 9.30 Å². The first-order valence-corrected chi connectivity index (χ1v) is 7.53. The fraction of sp³-hybridized carbons (Fsp3) is 0.462. The number of fused-ring (bicyclic) bond motifs is 1. The normalized spacial score (nSPS) is 17.2. The van der Waals surface area contributed by atoms with E-state index in [2.05, 4.69) is 25.5 Å². The molecule has 3 nitrogen and oxygen atoms in total. The van der Waals surface area contributed by atoms with Crippen molar-refractivity contribution in [3.63, 3.8) is 0 Å². The highest BCUT2D eigenvalue weighted by Crippen LogP contribution is 2.31. The van der Waals surface area contributed by atoms with Gasteiger partial charge in [-0.25, -0.2) is 9.37 Å². The van der Waals surface area contributed by atoms with Gasteiger partial charge in [0.1, 0.15) is 11.6 Å². The molecule has 0 saturated carbocycles. The second-order valence-corrected chi connectivity index (χ2v) is 5.75. The predicted molar refractivity (Wildman–Crippen MR) is 76.0 cm³/mol. The van der Waals surface area contributed by atoms with E-state index in [9.17, 15) is 4.39 Å². The van der Waals surface area contributed by atoms with Crippen molar-refractivity contribution in [3.05, 3.63) is 28.2 Å². The van der Waals surface area contributed by atoms with Crippen molar-refractivity contribution in [2.45, 2.75) is 24.8 Å². The molecule has 0 amide bonds. The number of nitrogens with zero attached hydrogens (tertiary/aromatic N) is 2. The van der Waals surface area contributed by atoms with Gasteiger partial charge >= 0.3 is 0 Å². The van der Waals surface area contributed by atoms with Crippen LogP contribution in [-0.4, -0.2) is 22.8 Å². The molecule has 1 aliphatic rings. The van der Waals surface area contributed by atoms with Crippen LogP contribution in [0, 0.1) is 5.82 Å². The zero-order chi connectivity index (χ0) is 13.4. The second kappa shape index (κ2) is 5.38. The van der Waals surface area contributed by atoms with Crippen molar-refractivity contribution < 1.29 is 9.13 Å². The molecule has 3 rings (SSSR count). The molecule has 2 aromatic rings. The molecule has 0 aliphatic carbocycles. The lowest BCUT2D eigenvalue weighted by Gasteiger charge is -2.25. The summed E-state index contributed by atoms with van der Waals surface area (Å²) in [5, 5.41) is 0. The fourth-order valence-electron chi connectivity index (χ4n) is 2.59. The van der Waals surface area contributed by atoms with Crippen LogP contribution in [0.25, 0.3) is 11.0 Å². The molecule has 0 unspecified atom stereocenters. The van der Waals surface area contributed by atoms with Crippen molar-refractivity contribution in [2.75, 3.05) is 13.2 Å². The van der Waals surface area contributed by atoms with Crippen LogP contribution in [0.3, 0.4) is 0 Å². The minimum atomic E-state index is -0.276. The van der Waals surface area contributed by atoms with Crippen molar-refractivity contribution in [1.29, 1.82) is 0 Å². The molecule has 1 aromatic heterocycles. The summed E-state index contributed by atoms with van der Waals surface area (Å²) in [4.78, 5) is 4.50. The molecule has 2 heterocycles. The van der Waals surface area contributed by atoms with E-state index in [0.717, 1.165) is 42.9 Å². The Hall–Kier alpha value is -0.650. The molecule has 1 fully saturated rings. The molecule has 1 aliphatic heterocycles. The van der Waals surface area contributed by atoms with E-state index in [-0.39, 0.29) is 11.9 Å². The minimum absolute atomic E-state index is 0.276. The number of aromatic nitrogens is 2. The van der Waals surface area contributed by atoms with Gasteiger partial charge in [-0.3, -0.25) is 0 Å². The van der Waals surface area contributed by atoms with E-state index >= 15 is 0 Å². The van der Waals surface area contributed by atoms with Crippen LogP contribution >= 0.6 is 27.5 Å². The van der Waals surface area contributed by atoms with Gasteiger partial charge in [0.25, 0.3) is 0 Å². The van der Waals surface area contributed by atoms with Crippen LogP contribution in [0.15, 0.2) is 16.6 Å². The first-order valence-electron chi connectivity index (χ1n) is 6.20. The largest absolute Gasteiger partial charge is 0.381 e. The Morgan fingerprint density at radius 2 is 2.16 bits per heavy atom. The van der Waals surface area contributed by atoms with E-state index in [1.54, 1.807) is 6.07 Å². The molecule has 0 bridgehead atoms. The average Bonchev–Trinajstić information content (AvgIpc) is 2.78. The van der Waals surface area contributed by atoms with Gasteiger partial charge in [-0.2, -0.15) is 0 Å².